The molecule has 1 aromatic carbocycles. The Hall–Kier alpha value is -1.88. The molecule has 1 atom stereocenters. The Balaban J connectivity index is 2.32. The van der Waals surface area contributed by atoms with Gasteiger partial charge in [-0.3, -0.25) is 4.79 Å². The lowest BCUT2D eigenvalue weighted by atomic mass is 10.1. The Morgan fingerprint density at radius 1 is 1.12 bits per heavy atom. The molecule has 5 nitrogen and oxygen atoms in total. The highest BCUT2D eigenvalue weighted by Crippen LogP contribution is 2.21. The van der Waals surface area contributed by atoms with Crippen molar-refractivity contribution in [2.45, 2.75) is 47.3 Å². The SMILES string of the molecule is CC(C)CN(CC(C)C)C(=O)Cn1c([C@H](C)O)nc2ccccc21. The van der Waals surface area contributed by atoms with Crippen LogP contribution in [0, 0.1) is 11.8 Å². The Labute approximate surface area is 144 Å². The summed E-state index contributed by atoms with van der Waals surface area (Å²) in [5.74, 6) is 1.45. The smallest absolute Gasteiger partial charge is 0.242 e. The first-order chi connectivity index (χ1) is 11.3. The van der Waals surface area contributed by atoms with Crippen molar-refractivity contribution in [3.8, 4) is 0 Å². The van der Waals surface area contributed by atoms with Crippen molar-refractivity contribution in [2.24, 2.45) is 11.8 Å². The number of imidazole rings is 1. The number of rotatable bonds is 7. The number of para-hydroxylation sites is 2. The highest BCUT2D eigenvalue weighted by molar-refractivity contribution is 5.81. The molecule has 5 heteroatoms. The quantitative estimate of drug-likeness (QED) is 0.847. The van der Waals surface area contributed by atoms with E-state index in [0.29, 0.717) is 17.7 Å². The van der Waals surface area contributed by atoms with Gasteiger partial charge in [-0.05, 0) is 30.9 Å². The van der Waals surface area contributed by atoms with E-state index in [0.717, 1.165) is 24.1 Å². The van der Waals surface area contributed by atoms with Crippen LogP contribution in [0.3, 0.4) is 0 Å². The zero-order valence-corrected chi connectivity index (χ0v) is 15.4. The minimum absolute atomic E-state index is 0.0717. The minimum atomic E-state index is -0.714. The van der Waals surface area contributed by atoms with E-state index in [4.69, 9.17) is 0 Å². The van der Waals surface area contributed by atoms with Crippen molar-refractivity contribution in [3.63, 3.8) is 0 Å². The minimum Gasteiger partial charge on any atom is -0.385 e. The van der Waals surface area contributed by atoms with Crippen LogP contribution in [-0.4, -0.2) is 38.6 Å². The van der Waals surface area contributed by atoms with E-state index < -0.39 is 6.10 Å². The van der Waals surface area contributed by atoms with Crippen LogP contribution in [-0.2, 0) is 11.3 Å². The third-order valence-electron chi connectivity index (χ3n) is 3.87. The van der Waals surface area contributed by atoms with E-state index in [-0.39, 0.29) is 12.5 Å². The fourth-order valence-electron chi connectivity index (χ4n) is 2.97. The normalized spacial score (nSPS) is 13.0. The van der Waals surface area contributed by atoms with E-state index in [2.05, 4.69) is 32.7 Å². The standard InChI is InChI=1S/C19H29N3O2/c1-13(2)10-21(11-14(3)4)18(24)12-22-17-9-7-6-8-16(17)20-19(22)15(5)23/h6-9,13-15,23H,10-12H2,1-5H3/t15-/m0/s1. The van der Waals surface area contributed by atoms with Crippen LogP contribution in [0.1, 0.15) is 46.5 Å². The molecule has 0 bridgehead atoms. The van der Waals surface area contributed by atoms with Crippen LogP contribution in [0.15, 0.2) is 24.3 Å². The molecule has 24 heavy (non-hydrogen) atoms. The summed E-state index contributed by atoms with van der Waals surface area (Å²) in [6.45, 7) is 11.9. The molecule has 0 radical (unpaired) electrons. The summed E-state index contributed by atoms with van der Waals surface area (Å²) in [4.78, 5) is 19.3. The van der Waals surface area contributed by atoms with Crippen molar-refractivity contribution in [1.82, 2.24) is 14.5 Å². The van der Waals surface area contributed by atoms with Crippen LogP contribution < -0.4 is 0 Å². The average molecular weight is 331 g/mol. The summed E-state index contributed by atoms with van der Waals surface area (Å²) < 4.78 is 1.84. The van der Waals surface area contributed by atoms with Gasteiger partial charge in [-0.25, -0.2) is 4.98 Å². The molecule has 0 saturated heterocycles. The third kappa shape index (κ3) is 4.35. The molecule has 132 valence electrons. The number of benzene rings is 1. The summed E-state index contributed by atoms with van der Waals surface area (Å²) in [5, 5.41) is 10.0. The largest absolute Gasteiger partial charge is 0.385 e. The van der Waals surface area contributed by atoms with Gasteiger partial charge in [-0.15, -0.1) is 0 Å². The van der Waals surface area contributed by atoms with Crippen molar-refractivity contribution in [3.05, 3.63) is 30.1 Å². The lowest BCUT2D eigenvalue weighted by molar-refractivity contribution is -0.132. The number of carbonyl (C=O) groups excluding carboxylic acids is 1. The summed E-state index contributed by atoms with van der Waals surface area (Å²) in [6.07, 6.45) is -0.714. The van der Waals surface area contributed by atoms with Gasteiger partial charge in [0.25, 0.3) is 0 Å². The Morgan fingerprint density at radius 3 is 2.25 bits per heavy atom. The van der Waals surface area contributed by atoms with Gasteiger partial charge in [0.1, 0.15) is 18.5 Å². The van der Waals surface area contributed by atoms with Gasteiger partial charge < -0.3 is 14.6 Å². The summed E-state index contributed by atoms with van der Waals surface area (Å²) >= 11 is 0. The molecule has 0 aliphatic heterocycles. The maximum atomic E-state index is 12.9. The molecule has 0 unspecified atom stereocenters. The van der Waals surface area contributed by atoms with Gasteiger partial charge in [0.15, 0.2) is 0 Å². The monoisotopic (exact) mass is 331 g/mol. The lowest BCUT2D eigenvalue weighted by Crippen LogP contribution is -2.39. The van der Waals surface area contributed by atoms with Crippen LogP contribution >= 0.6 is 0 Å². The molecule has 1 amide bonds. The van der Waals surface area contributed by atoms with Gasteiger partial charge in [0.2, 0.25) is 5.91 Å². The summed E-state index contributed by atoms with van der Waals surface area (Å²) in [5.41, 5.74) is 1.69. The lowest BCUT2D eigenvalue weighted by Gasteiger charge is -2.27. The van der Waals surface area contributed by atoms with E-state index in [9.17, 15) is 9.90 Å². The van der Waals surface area contributed by atoms with Crippen molar-refractivity contribution in [2.75, 3.05) is 13.1 Å². The molecule has 1 aromatic heterocycles. The van der Waals surface area contributed by atoms with Crippen LogP contribution in [0.25, 0.3) is 11.0 Å². The molecule has 1 heterocycles. The van der Waals surface area contributed by atoms with E-state index >= 15 is 0 Å². The van der Waals surface area contributed by atoms with Crippen molar-refractivity contribution in [1.29, 1.82) is 0 Å². The Morgan fingerprint density at radius 2 is 1.71 bits per heavy atom. The first-order valence-corrected chi connectivity index (χ1v) is 8.70. The summed E-state index contributed by atoms with van der Waals surface area (Å²) in [7, 11) is 0. The zero-order valence-electron chi connectivity index (χ0n) is 15.4. The van der Waals surface area contributed by atoms with Crippen LogP contribution in [0.5, 0.6) is 0 Å². The molecule has 1 N–H and O–H groups in total. The molecule has 0 aliphatic carbocycles. The number of fused-ring (bicyclic) bond motifs is 1. The zero-order chi connectivity index (χ0) is 17.9. The maximum absolute atomic E-state index is 12.9. The number of aromatic nitrogens is 2. The van der Waals surface area contributed by atoms with Gasteiger partial charge in [-0.1, -0.05) is 39.8 Å². The van der Waals surface area contributed by atoms with Gasteiger partial charge in [-0.2, -0.15) is 0 Å². The van der Waals surface area contributed by atoms with Crippen molar-refractivity contribution >= 4 is 16.9 Å². The number of hydrogen-bond donors (Lipinski definition) is 1. The Kier molecular flexibility index (Phi) is 5.99. The number of carbonyl (C=O) groups is 1. The molecule has 0 aliphatic rings. The highest BCUT2D eigenvalue weighted by Gasteiger charge is 2.21. The second-order valence-electron chi connectivity index (χ2n) is 7.31. The van der Waals surface area contributed by atoms with E-state index in [1.807, 2.05) is 33.7 Å². The first kappa shape index (κ1) is 18.5. The third-order valence-corrected chi connectivity index (χ3v) is 3.87. The molecular weight excluding hydrogens is 302 g/mol. The summed E-state index contributed by atoms with van der Waals surface area (Å²) in [6, 6.07) is 7.69. The number of nitrogens with zero attached hydrogens (tertiary/aromatic N) is 3. The number of amides is 1. The molecular formula is C19H29N3O2. The molecule has 2 aromatic rings. The molecule has 2 rings (SSSR count). The topological polar surface area (TPSA) is 58.4 Å². The molecule has 0 fully saturated rings. The van der Waals surface area contributed by atoms with Crippen LogP contribution in [0.2, 0.25) is 0 Å². The van der Waals surface area contributed by atoms with Gasteiger partial charge in [0.05, 0.1) is 11.0 Å². The predicted octanol–water partition coefficient (Wildman–Crippen LogP) is 3.23. The average Bonchev–Trinajstić information content (AvgIpc) is 2.85. The van der Waals surface area contributed by atoms with Gasteiger partial charge >= 0.3 is 0 Å². The number of aliphatic hydroxyl groups is 1. The predicted molar refractivity (Wildman–Crippen MR) is 96.6 cm³/mol. The molecule has 0 saturated carbocycles. The second-order valence-corrected chi connectivity index (χ2v) is 7.31. The number of hydrogen-bond acceptors (Lipinski definition) is 3. The van der Waals surface area contributed by atoms with Gasteiger partial charge in [0, 0.05) is 13.1 Å². The second kappa shape index (κ2) is 7.79. The Bertz CT molecular complexity index is 679. The highest BCUT2D eigenvalue weighted by atomic mass is 16.3. The molecule has 0 spiro atoms. The maximum Gasteiger partial charge on any atom is 0.242 e. The number of aliphatic hydroxyl groups excluding tert-OH is 1. The van der Waals surface area contributed by atoms with Crippen LogP contribution in [0.4, 0.5) is 0 Å². The van der Waals surface area contributed by atoms with E-state index in [1.54, 1.807) is 6.92 Å². The fraction of sp³-hybridized carbons (Fsp3) is 0.579. The first-order valence-electron chi connectivity index (χ1n) is 8.70. The van der Waals surface area contributed by atoms with Crippen molar-refractivity contribution < 1.29 is 9.90 Å². The fourth-order valence-corrected chi connectivity index (χ4v) is 2.97. The van der Waals surface area contributed by atoms with E-state index in [1.165, 1.54) is 0 Å².